The van der Waals surface area contributed by atoms with Gasteiger partial charge in [0.1, 0.15) is 13.9 Å². The number of allylic oxidation sites excluding steroid dienone is 1. The highest BCUT2D eigenvalue weighted by atomic mass is 28.3. The Morgan fingerprint density at radius 2 is 1.07 bits per heavy atom. The maximum atomic E-state index is 13.8. The number of carbonyl (C=O) groups is 2. The van der Waals surface area contributed by atoms with E-state index in [4.69, 9.17) is 4.98 Å². The average molecular weight is 559 g/mol. The number of nitrogens with zero attached hydrogens (tertiary/aromatic N) is 2. The molecule has 200 valence electrons. The van der Waals surface area contributed by atoms with Crippen molar-refractivity contribution in [3.05, 3.63) is 138 Å². The number of rotatable bonds is 2. The third-order valence-corrected chi connectivity index (χ3v) is 12.4. The Balaban J connectivity index is 1.23. The van der Waals surface area contributed by atoms with Crippen molar-refractivity contribution in [2.75, 3.05) is 4.90 Å². The van der Waals surface area contributed by atoms with Gasteiger partial charge in [-0.15, -0.1) is 0 Å². The van der Waals surface area contributed by atoms with E-state index in [1.54, 1.807) is 12.3 Å². The van der Waals surface area contributed by atoms with E-state index in [9.17, 15) is 9.59 Å². The molecule has 0 radical (unpaired) electrons. The minimum Gasteiger partial charge on any atom is -0.295 e. The maximum absolute atomic E-state index is 13.8. The number of aromatic nitrogens is 1. The fourth-order valence-corrected chi connectivity index (χ4v) is 9.80. The molecule has 0 fully saturated rings. The summed E-state index contributed by atoms with van der Waals surface area (Å²) in [6.45, 7) is 4.79. The Labute approximate surface area is 244 Å². The van der Waals surface area contributed by atoms with Crippen LogP contribution < -0.4 is 15.3 Å². The first-order chi connectivity index (χ1) is 20.4. The van der Waals surface area contributed by atoms with Gasteiger partial charge in [0.15, 0.2) is 11.6 Å². The molecule has 0 saturated heterocycles. The Morgan fingerprint density at radius 3 is 1.57 bits per heavy atom. The van der Waals surface area contributed by atoms with Crippen molar-refractivity contribution in [1.29, 1.82) is 0 Å². The minimum atomic E-state index is -1.88. The summed E-state index contributed by atoms with van der Waals surface area (Å²) in [5.41, 5.74) is 4.20. The first kappa shape index (κ1) is 24.6. The van der Waals surface area contributed by atoms with Crippen LogP contribution in [0.15, 0.2) is 121 Å². The summed E-state index contributed by atoms with van der Waals surface area (Å²) in [6, 6.07) is 36.8. The maximum Gasteiger partial charge on any atom is 0.198 e. The van der Waals surface area contributed by atoms with Crippen LogP contribution in [0.25, 0.3) is 27.6 Å². The molecule has 0 bridgehead atoms. The second-order valence-corrected chi connectivity index (χ2v) is 15.8. The molecule has 1 aliphatic heterocycles. The van der Waals surface area contributed by atoms with Gasteiger partial charge in [-0.3, -0.25) is 14.5 Å². The summed E-state index contributed by atoms with van der Waals surface area (Å²) in [4.78, 5) is 34.7. The van der Waals surface area contributed by atoms with Gasteiger partial charge in [-0.2, -0.15) is 0 Å². The molecule has 1 aliphatic carbocycles. The normalized spacial score (nSPS) is 15.1. The number of pyridine rings is 1. The van der Waals surface area contributed by atoms with Crippen LogP contribution in [0.1, 0.15) is 26.3 Å². The van der Waals surface area contributed by atoms with E-state index in [0.717, 1.165) is 38.7 Å². The van der Waals surface area contributed by atoms with Crippen molar-refractivity contribution in [3.63, 3.8) is 0 Å². The largest absolute Gasteiger partial charge is 0.295 e. The van der Waals surface area contributed by atoms with Crippen molar-refractivity contribution in [1.82, 2.24) is 4.98 Å². The van der Waals surface area contributed by atoms with Gasteiger partial charge >= 0.3 is 0 Å². The second kappa shape index (κ2) is 8.93. The van der Waals surface area contributed by atoms with Crippen LogP contribution >= 0.6 is 0 Å². The fourth-order valence-electron chi connectivity index (χ4n) is 6.81. The molecule has 0 saturated carbocycles. The van der Waals surface area contributed by atoms with E-state index < -0.39 is 8.07 Å². The molecule has 0 unspecified atom stereocenters. The van der Waals surface area contributed by atoms with Crippen molar-refractivity contribution < 1.29 is 9.59 Å². The molecular weight excluding hydrogens is 533 g/mol. The van der Waals surface area contributed by atoms with Gasteiger partial charge in [-0.25, -0.2) is 4.98 Å². The van der Waals surface area contributed by atoms with E-state index in [0.29, 0.717) is 16.7 Å². The molecule has 8 rings (SSSR count). The highest BCUT2D eigenvalue weighted by molar-refractivity contribution is 7.02. The lowest BCUT2D eigenvalue weighted by molar-refractivity contribution is 0.0991. The van der Waals surface area contributed by atoms with Crippen molar-refractivity contribution in [2.24, 2.45) is 0 Å². The van der Waals surface area contributed by atoms with Gasteiger partial charge in [-0.05, 0) is 67.8 Å². The molecule has 2 aliphatic rings. The molecule has 0 N–H and O–H groups in total. The van der Waals surface area contributed by atoms with E-state index in [1.807, 2.05) is 60.7 Å². The molecular formula is C37H26N2O2Si. The van der Waals surface area contributed by atoms with Crippen LogP contribution in [0, 0.1) is 0 Å². The third kappa shape index (κ3) is 3.37. The minimum absolute atomic E-state index is 0.183. The lowest BCUT2D eigenvalue weighted by atomic mass is 9.93. The van der Waals surface area contributed by atoms with Gasteiger partial charge in [0.25, 0.3) is 0 Å². The summed E-state index contributed by atoms with van der Waals surface area (Å²) < 4.78 is 0. The number of carbonyl (C=O) groups excluding carboxylic acids is 2. The van der Waals surface area contributed by atoms with E-state index in [1.165, 1.54) is 10.4 Å². The number of anilines is 3. The summed E-state index contributed by atoms with van der Waals surface area (Å²) >= 11 is 0. The Hall–Kier alpha value is -5.13. The number of hydrogen-bond donors (Lipinski definition) is 0. The van der Waals surface area contributed by atoms with Crippen LogP contribution in [0.4, 0.5) is 17.2 Å². The highest BCUT2D eigenvalue weighted by Crippen LogP contribution is 2.41. The van der Waals surface area contributed by atoms with Crippen LogP contribution in [-0.4, -0.2) is 24.6 Å². The molecule has 0 atom stereocenters. The van der Waals surface area contributed by atoms with E-state index in [-0.39, 0.29) is 17.1 Å². The first-order valence-corrected chi connectivity index (χ1v) is 17.1. The topological polar surface area (TPSA) is 50.3 Å². The number of benzene rings is 5. The Kier molecular flexibility index (Phi) is 5.24. The predicted molar refractivity (Wildman–Crippen MR) is 174 cm³/mol. The fraction of sp³-hybridized carbons (Fsp3) is 0.0541. The van der Waals surface area contributed by atoms with Gasteiger partial charge in [-0.1, -0.05) is 98.0 Å². The molecule has 2 heterocycles. The number of para-hydroxylation sites is 2. The third-order valence-electron chi connectivity index (χ3n) is 8.82. The molecule has 0 spiro atoms. The smallest absolute Gasteiger partial charge is 0.198 e. The van der Waals surface area contributed by atoms with Gasteiger partial charge in [0, 0.05) is 28.7 Å². The molecule has 6 aromatic rings. The molecule has 42 heavy (non-hydrogen) atoms. The first-order valence-electron chi connectivity index (χ1n) is 14.1. The zero-order valence-corrected chi connectivity index (χ0v) is 24.3. The number of hydrogen-bond acceptors (Lipinski definition) is 4. The lowest BCUT2D eigenvalue weighted by Crippen LogP contribution is -2.58. The van der Waals surface area contributed by atoms with Crippen molar-refractivity contribution in [3.8, 4) is 0 Å². The standard InChI is InChI=1S/C37H26N2O2Si/c1-42(2)31-17-9-7-15-29(31)39(30-16-8-10-18-32(30)42)33-20-19-23(22-38-33)21-28-36(40)34-26-13-5-3-11-24(26)25-12-4-6-14-27(25)35(34)37(28)41/h3-22H,1-2H3. The van der Waals surface area contributed by atoms with Crippen LogP contribution in [0.2, 0.25) is 13.1 Å². The Bertz CT molecular complexity index is 2040. The lowest BCUT2D eigenvalue weighted by Gasteiger charge is -2.40. The average Bonchev–Trinajstić information content (AvgIpc) is 3.27. The number of Topliss-reactive ketones (excluding diaryl/α,β-unsaturated/α-hetero) is 2. The number of ketones is 2. The van der Waals surface area contributed by atoms with E-state index >= 15 is 0 Å². The second-order valence-electron chi connectivity index (χ2n) is 11.5. The quantitative estimate of drug-likeness (QED) is 0.0958. The van der Waals surface area contributed by atoms with Gasteiger partial charge < -0.3 is 0 Å². The SMILES string of the molecule is C[Si]1(C)c2ccccc2N(c2ccc(C=C3C(=O)c4c(c5ccccc5c5ccccc45)C3=O)cn2)c2ccccc21. The molecule has 1 aromatic heterocycles. The van der Waals surface area contributed by atoms with Crippen molar-refractivity contribution in [2.45, 2.75) is 13.1 Å². The zero-order valence-electron chi connectivity index (χ0n) is 23.3. The molecule has 5 heteroatoms. The summed E-state index contributed by atoms with van der Waals surface area (Å²) in [5, 5.41) is 6.33. The molecule has 4 nitrogen and oxygen atoms in total. The summed E-state index contributed by atoms with van der Waals surface area (Å²) in [7, 11) is -1.88. The van der Waals surface area contributed by atoms with Crippen LogP contribution in [0.5, 0.6) is 0 Å². The number of fused-ring (bicyclic) bond motifs is 8. The van der Waals surface area contributed by atoms with E-state index in [2.05, 4.69) is 66.5 Å². The monoisotopic (exact) mass is 558 g/mol. The van der Waals surface area contributed by atoms with Gasteiger partial charge in [0.05, 0.1) is 5.57 Å². The predicted octanol–water partition coefficient (Wildman–Crippen LogP) is 7.46. The summed E-state index contributed by atoms with van der Waals surface area (Å²) in [5.74, 6) is 0.338. The van der Waals surface area contributed by atoms with Gasteiger partial charge in [0.2, 0.25) is 0 Å². The van der Waals surface area contributed by atoms with Crippen LogP contribution in [0.3, 0.4) is 0 Å². The summed E-state index contributed by atoms with van der Waals surface area (Å²) in [6.07, 6.45) is 3.45. The van der Waals surface area contributed by atoms with Crippen LogP contribution in [-0.2, 0) is 0 Å². The molecule has 5 aromatic carbocycles. The zero-order chi connectivity index (χ0) is 28.6. The highest BCUT2D eigenvalue weighted by Gasteiger charge is 2.39. The van der Waals surface area contributed by atoms with Crippen molar-refractivity contribution >= 4 is 74.8 Å². The molecule has 0 amide bonds. The Morgan fingerprint density at radius 1 is 0.595 bits per heavy atom.